The number of nitrogens with one attached hydrogen (secondary N) is 2. The van der Waals surface area contributed by atoms with E-state index in [9.17, 15) is 19.2 Å². The minimum atomic E-state index is -1.16. The van der Waals surface area contributed by atoms with Crippen LogP contribution in [0.2, 0.25) is 0 Å². The van der Waals surface area contributed by atoms with Crippen LogP contribution < -0.4 is 20.1 Å². The maximum atomic E-state index is 13.1. The average Bonchev–Trinajstić information content (AvgIpc) is 3.91. The lowest BCUT2D eigenvalue weighted by atomic mass is 10.0. The van der Waals surface area contributed by atoms with Gasteiger partial charge in [-0.2, -0.15) is 0 Å². The van der Waals surface area contributed by atoms with Gasteiger partial charge < -0.3 is 34.3 Å². The first-order chi connectivity index (χ1) is 22.8. The van der Waals surface area contributed by atoms with E-state index in [2.05, 4.69) is 23.8 Å². The standard InChI is InChI=1S/C36H38N2O9/c1-4-19-44-35(41)29(21-24-11-15-27(43-3)16-12-24)37-33(39)31-32(47-31)34(40)38-30(36(42)45-20-5-2)22-25-13-17-28(18-14-25)46-23-26-9-7-6-8-10-26/h4-18,29-32H,1-2,19-23H2,3H3,(H,37,39)(H,38,40)/t29-,30-,31-,32-/m0/s1. The summed E-state index contributed by atoms with van der Waals surface area (Å²) in [5.41, 5.74) is 2.51. The van der Waals surface area contributed by atoms with Crippen LogP contribution in [0, 0.1) is 0 Å². The van der Waals surface area contributed by atoms with Gasteiger partial charge in [-0.05, 0) is 41.0 Å². The number of ether oxygens (including phenoxy) is 5. The van der Waals surface area contributed by atoms with E-state index in [1.165, 1.54) is 12.2 Å². The van der Waals surface area contributed by atoms with E-state index in [1.807, 2.05) is 30.3 Å². The molecule has 2 N–H and O–H groups in total. The molecule has 4 rings (SSSR count). The van der Waals surface area contributed by atoms with E-state index in [-0.39, 0.29) is 26.1 Å². The molecule has 0 radical (unpaired) electrons. The molecule has 11 nitrogen and oxygen atoms in total. The lowest BCUT2D eigenvalue weighted by Crippen LogP contribution is -2.48. The molecule has 0 aromatic heterocycles. The van der Waals surface area contributed by atoms with Crippen LogP contribution in [-0.2, 0) is 52.8 Å². The molecule has 0 unspecified atom stereocenters. The highest BCUT2D eigenvalue weighted by Crippen LogP contribution is 2.24. The van der Waals surface area contributed by atoms with Gasteiger partial charge in [-0.15, -0.1) is 0 Å². The summed E-state index contributed by atoms with van der Waals surface area (Å²) in [4.78, 5) is 51.7. The minimum absolute atomic E-state index is 0.0362. The molecule has 1 fully saturated rings. The molecular formula is C36H38N2O9. The highest BCUT2D eigenvalue weighted by atomic mass is 16.6. The molecule has 1 saturated heterocycles. The van der Waals surface area contributed by atoms with Crippen molar-refractivity contribution in [1.29, 1.82) is 0 Å². The first-order valence-electron chi connectivity index (χ1n) is 15.0. The van der Waals surface area contributed by atoms with Crippen molar-refractivity contribution >= 4 is 23.8 Å². The predicted molar refractivity (Wildman–Crippen MR) is 172 cm³/mol. The molecule has 0 saturated carbocycles. The summed E-state index contributed by atoms with van der Waals surface area (Å²) in [6.45, 7) is 7.42. The Labute approximate surface area is 273 Å². The lowest BCUT2D eigenvalue weighted by molar-refractivity contribution is -0.147. The predicted octanol–water partition coefficient (Wildman–Crippen LogP) is 3.25. The second-order valence-electron chi connectivity index (χ2n) is 10.6. The van der Waals surface area contributed by atoms with Crippen molar-refractivity contribution in [3.05, 3.63) is 121 Å². The third-order valence-electron chi connectivity index (χ3n) is 7.11. The molecular weight excluding hydrogens is 604 g/mol. The Kier molecular flexibility index (Phi) is 12.7. The monoisotopic (exact) mass is 642 g/mol. The van der Waals surface area contributed by atoms with Gasteiger partial charge in [-0.1, -0.05) is 79.9 Å². The smallest absolute Gasteiger partial charge is 0.329 e. The van der Waals surface area contributed by atoms with Crippen molar-refractivity contribution < 1.29 is 42.9 Å². The van der Waals surface area contributed by atoms with Crippen LogP contribution in [0.4, 0.5) is 0 Å². The number of epoxide rings is 1. The molecule has 3 aromatic rings. The van der Waals surface area contributed by atoms with Crippen molar-refractivity contribution in [1.82, 2.24) is 10.6 Å². The molecule has 246 valence electrons. The highest BCUT2D eigenvalue weighted by molar-refractivity contribution is 5.97. The topological polar surface area (TPSA) is 142 Å². The number of esters is 2. The SMILES string of the molecule is C=CCOC(=O)[C@H](Cc1ccc(OC)cc1)NC(=O)[C@H]1O[C@@H]1C(=O)N[C@@H](Cc1ccc(OCc2ccccc2)cc1)C(=O)OCC=C. The van der Waals surface area contributed by atoms with Crippen molar-refractivity contribution in [2.45, 2.75) is 43.7 Å². The fraction of sp³-hybridized carbons (Fsp3) is 0.278. The van der Waals surface area contributed by atoms with Crippen LogP contribution >= 0.6 is 0 Å². The zero-order valence-corrected chi connectivity index (χ0v) is 26.1. The number of hydrogen-bond acceptors (Lipinski definition) is 9. The zero-order valence-electron chi connectivity index (χ0n) is 26.1. The number of carbonyl (C=O) groups is 4. The van der Waals surface area contributed by atoms with Gasteiger partial charge in [-0.3, -0.25) is 9.59 Å². The van der Waals surface area contributed by atoms with E-state index in [0.717, 1.165) is 16.7 Å². The number of hydrogen-bond donors (Lipinski definition) is 2. The Balaban J connectivity index is 1.35. The van der Waals surface area contributed by atoms with E-state index in [1.54, 1.807) is 55.6 Å². The maximum Gasteiger partial charge on any atom is 0.329 e. The lowest BCUT2D eigenvalue weighted by Gasteiger charge is -2.18. The van der Waals surface area contributed by atoms with Gasteiger partial charge in [0.2, 0.25) is 0 Å². The summed E-state index contributed by atoms with van der Waals surface area (Å²) in [7, 11) is 1.54. The Morgan fingerprint density at radius 3 is 1.62 bits per heavy atom. The Hall–Kier alpha value is -5.42. The molecule has 11 heteroatoms. The molecule has 0 bridgehead atoms. The van der Waals surface area contributed by atoms with Crippen molar-refractivity contribution in [3.8, 4) is 11.5 Å². The molecule has 3 aromatic carbocycles. The summed E-state index contributed by atoms with van der Waals surface area (Å²) < 4.78 is 26.8. The minimum Gasteiger partial charge on any atom is -0.497 e. The van der Waals surface area contributed by atoms with Crippen LogP contribution in [0.15, 0.2) is 104 Å². The number of amides is 2. The first-order valence-corrected chi connectivity index (χ1v) is 15.0. The third kappa shape index (κ3) is 10.6. The second-order valence-corrected chi connectivity index (χ2v) is 10.6. The van der Waals surface area contributed by atoms with Crippen LogP contribution in [0.25, 0.3) is 0 Å². The summed E-state index contributed by atoms with van der Waals surface area (Å²) in [5.74, 6) is -1.40. The average molecular weight is 643 g/mol. The third-order valence-corrected chi connectivity index (χ3v) is 7.11. The molecule has 0 aliphatic carbocycles. The van der Waals surface area contributed by atoms with E-state index < -0.39 is 48.0 Å². The summed E-state index contributed by atoms with van der Waals surface area (Å²) >= 11 is 0. The number of benzene rings is 3. The van der Waals surface area contributed by atoms with Crippen LogP contribution in [0.5, 0.6) is 11.5 Å². The van der Waals surface area contributed by atoms with E-state index >= 15 is 0 Å². The van der Waals surface area contributed by atoms with E-state index in [4.69, 9.17) is 23.7 Å². The van der Waals surface area contributed by atoms with Crippen LogP contribution in [-0.4, -0.2) is 68.4 Å². The van der Waals surface area contributed by atoms with Gasteiger partial charge in [0.15, 0.2) is 12.2 Å². The van der Waals surface area contributed by atoms with Crippen molar-refractivity contribution in [2.75, 3.05) is 20.3 Å². The van der Waals surface area contributed by atoms with Gasteiger partial charge in [0.1, 0.15) is 43.4 Å². The quantitative estimate of drug-likeness (QED) is 0.122. The van der Waals surface area contributed by atoms with Crippen LogP contribution in [0.3, 0.4) is 0 Å². The number of rotatable bonds is 18. The summed E-state index contributed by atoms with van der Waals surface area (Å²) in [5, 5.41) is 5.26. The fourth-order valence-electron chi connectivity index (χ4n) is 4.58. The van der Waals surface area contributed by atoms with Gasteiger partial charge in [0.05, 0.1) is 7.11 Å². The summed E-state index contributed by atoms with van der Waals surface area (Å²) in [6.07, 6.45) is 0.754. The largest absolute Gasteiger partial charge is 0.497 e. The van der Waals surface area contributed by atoms with Crippen LogP contribution in [0.1, 0.15) is 16.7 Å². The van der Waals surface area contributed by atoms with Crippen molar-refractivity contribution in [2.24, 2.45) is 0 Å². The molecule has 1 aliphatic rings. The van der Waals surface area contributed by atoms with Gasteiger partial charge in [-0.25, -0.2) is 9.59 Å². The molecule has 4 atom stereocenters. The molecule has 1 heterocycles. The molecule has 47 heavy (non-hydrogen) atoms. The first kappa shape index (κ1) is 34.5. The Morgan fingerprint density at radius 2 is 1.17 bits per heavy atom. The number of methoxy groups -OCH3 is 1. The zero-order chi connectivity index (χ0) is 33.6. The maximum absolute atomic E-state index is 13.1. The van der Waals surface area contributed by atoms with Gasteiger partial charge in [0, 0.05) is 12.8 Å². The van der Waals surface area contributed by atoms with Gasteiger partial charge >= 0.3 is 11.9 Å². The molecule has 1 aliphatic heterocycles. The Morgan fingerprint density at radius 1 is 0.702 bits per heavy atom. The summed E-state index contributed by atoms with van der Waals surface area (Å²) in [6, 6.07) is 21.7. The normalized spacial score (nSPS) is 16.0. The fourth-order valence-corrected chi connectivity index (χ4v) is 4.58. The number of carbonyl (C=O) groups excluding carboxylic acids is 4. The highest BCUT2D eigenvalue weighted by Gasteiger charge is 2.51. The van der Waals surface area contributed by atoms with Crippen molar-refractivity contribution in [3.63, 3.8) is 0 Å². The van der Waals surface area contributed by atoms with E-state index in [0.29, 0.717) is 18.1 Å². The molecule has 2 amide bonds. The Bertz CT molecular complexity index is 1520. The molecule has 0 spiro atoms. The van der Waals surface area contributed by atoms with Gasteiger partial charge in [0.25, 0.3) is 11.8 Å². The second kappa shape index (κ2) is 17.3.